The Morgan fingerprint density at radius 1 is 1.33 bits per heavy atom. The normalized spacial score (nSPS) is 15.8. The van der Waals surface area contributed by atoms with E-state index in [0.29, 0.717) is 42.7 Å². The van der Waals surface area contributed by atoms with Crippen LogP contribution in [-0.4, -0.2) is 42.5 Å². The maximum atomic E-state index is 12.7. The van der Waals surface area contributed by atoms with Gasteiger partial charge in [-0.1, -0.05) is 0 Å². The lowest BCUT2D eigenvalue weighted by Gasteiger charge is -2.22. The average molecular weight is 324 g/mol. The molecule has 122 valence electrons. The number of ketones is 1. The van der Waals surface area contributed by atoms with Crippen molar-refractivity contribution in [2.45, 2.75) is 31.7 Å². The first-order valence-electron chi connectivity index (χ1n) is 7.86. The fraction of sp³-hybridized carbons (Fsp3) is 0.312. The number of pyridine rings is 1. The van der Waals surface area contributed by atoms with E-state index >= 15 is 0 Å². The first-order valence-corrected chi connectivity index (χ1v) is 7.86. The first kappa shape index (κ1) is 14.6. The minimum atomic E-state index is -0.259. The summed E-state index contributed by atoms with van der Waals surface area (Å²) in [6.07, 6.45) is 9.11. The molecule has 0 aliphatic heterocycles. The van der Waals surface area contributed by atoms with Crippen LogP contribution in [0.25, 0.3) is 16.7 Å². The topological polar surface area (TPSA) is 106 Å². The van der Waals surface area contributed by atoms with Crippen LogP contribution in [0.1, 0.15) is 36.2 Å². The second-order valence-corrected chi connectivity index (χ2v) is 5.92. The number of fused-ring (bicyclic) bond motifs is 1. The van der Waals surface area contributed by atoms with Crippen molar-refractivity contribution in [2.24, 2.45) is 0 Å². The third kappa shape index (κ3) is 2.66. The quantitative estimate of drug-likeness (QED) is 0.757. The minimum Gasteiger partial charge on any atom is -0.348 e. The zero-order valence-electron chi connectivity index (χ0n) is 12.9. The monoisotopic (exact) mass is 324 g/mol. The number of hydrogen-bond acceptors (Lipinski definition) is 5. The predicted octanol–water partition coefficient (Wildman–Crippen LogP) is 1.39. The second-order valence-electron chi connectivity index (χ2n) is 5.92. The molecule has 0 saturated heterocycles. The van der Waals surface area contributed by atoms with Gasteiger partial charge in [0.1, 0.15) is 17.9 Å². The number of carbonyl (C=O) groups is 2. The van der Waals surface area contributed by atoms with Gasteiger partial charge in [0.2, 0.25) is 0 Å². The summed E-state index contributed by atoms with van der Waals surface area (Å²) in [6, 6.07) is 1.85. The van der Waals surface area contributed by atoms with Gasteiger partial charge in [-0.25, -0.2) is 9.97 Å². The molecule has 1 aliphatic carbocycles. The smallest absolute Gasteiger partial charge is 0.272 e. The number of carbonyl (C=O) groups excluding carboxylic acids is 2. The highest BCUT2D eigenvalue weighted by atomic mass is 16.2. The average Bonchev–Trinajstić information content (AvgIpc) is 3.27. The number of aromatic nitrogens is 5. The van der Waals surface area contributed by atoms with Crippen LogP contribution in [0, 0.1) is 0 Å². The predicted molar refractivity (Wildman–Crippen MR) is 85.7 cm³/mol. The van der Waals surface area contributed by atoms with Crippen LogP contribution in [0.15, 0.2) is 31.0 Å². The molecule has 3 aromatic heterocycles. The Hall–Kier alpha value is -3.03. The molecule has 0 aromatic carbocycles. The summed E-state index contributed by atoms with van der Waals surface area (Å²) < 4.78 is 1.74. The summed E-state index contributed by atoms with van der Waals surface area (Å²) in [6.45, 7) is 0. The molecule has 1 aliphatic rings. The van der Waals surface area contributed by atoms with Crippen LogP contribution >= 0.6 is 0 Å². The minimum absolute atomic E-state index is 0.00636. The first-order chi connectivity index (χ1) is 11.7. The fourth-order valence-corrected chi connectivity index (χ4v) is 2.97. The van der Waals surface area contributed by atoms with Gasteiger partial charge in [-0.15, -0.1) is 0 Å². The summed E-state index contributed by atoms with van der Waals surface area (Å²) in [7, 11) is 0. The van der Waals surface area contributed by atoms with Crippen LogP contribution in [0.4, 0.5) is 0 Å². The Kier molecular flexibility index (Phi) is 3.56. The summed E-state index contributed by atoms with van der Waals surface area (Å²) in [5.74, 6) is 0.604. The number of H-pyrrole nitrogens is 1. The number of rotatable bonds is 3. The molecular formula is C16H16N6O2. The molecule has 24 heavy (non-hydrogen) atoms. The maximum Gasteiger partial charge on any atom is 0.272 e. The van der Waals surface area contributed by atoms with E-state index in [2.05, 4.69) is 25.5 Å². The fourth-order valence-electron chi connectivity index (χ4n) is 2.97. The van der Waals surface area contributed by atoms with E-state index in [4.69, 9.17) is 0 Å². The number of imidazole rings is 1. The number of nitrogens with zero attached hydrogens (tertiary/aromatic N) is 4. The molecule has 0 spiro atoms. The lowest BCUT2D eigenvalue weighted by molar-refractivity contribution is -0.120. The van der Waals surface area contributed by atoms with Crippen molar-refractivity contribution in [3.63, 3.8) is 0 Å². The molecular weight excluding hydrogens is 308 g/mol. The van der Waals surface area contributed by atoms with Crippen LogP contribution in [0.2, 0.25) is 0 Å². The van der Waals surface area contributed by atoms with Gasteiger partial charge in [-0.2, -0.15) is 5.10 Å². The molecule has 1 saturated carbocycles. The molecule has 3 heterocycles. The largest absolute Gasteiger partial charge is 0.348 e. The second kappa shape index (κ2) is 5.88. The SMILES string of the molecule is O=C1CCC(NC(=O)c2nc(-n3ccnc3)cc3cn[nH]c23)CC1. The molecule has 0 bridgehead atoms. The molecule has 1 amide bonds. The number of aromatic amines is 1. The van der Waals surface area contributed by atoms with E-state index < -0.39 is 0 Å². The van der Waals surface area contributed by atoms with E-state index in [0.717, 1.165) is 5.39 Å². The number of nitrogens with one attached hydrogen (secondary N) is 2. The van der Waals surface area contributed by atoms with Crippen LogP contribution < -0.4 is 5.32 Å². The summed E-state index contributed by atoms with van der Waals surface area (Å²) in [5.41, 5.74) is 0.897. The van der Waals surface area contributed by atoms with Gasteiger partial charge >= 0.3 is 0 Å². The number of Topliss-reactive ketones (excluding diaryl/α,β-unsaturated/α-hetero) is 1. The lowest BCUT2D eigenvalue weighted by Crippen LogP contribution is -2.38. The van der Waals surface area contributed by atoms with E-state index in [1.165, 1.54) is 0 Å². The molecule has 1 fully saturated rings. The van der Waals surface area contributed by atoms with Crippen molar-refractivity contribution < 1.29 is 9.59 Å². The Morgan fingerprint density at radius 3 is 2.92 bits per heavy atom. The Morgan fingerprint density at radius 2 is 2.17 bits per heavy atom. The third-order valence-electron chi connectivity index (χ3n) is 4.28. The number of hydrogen-bond donors (Lipinski definition) is 2. The summed E-state index contributed by atoms with van der Waals surface area (Å²) >= 11 is 0. The molecule has 2 N–H and O–H groups in total. The van der Waals surface area contributed by atoms with Gasteiger partial charge in [-0.05, 0) is 18.9 Å². The van der Waals surface area contributed by atoms with Crippen LogP contribution in [0.3, 0.4) is 0 Å². The van der Waals surface area contributed by atoms with Crippen LogP contribution in [-0.2, 0) is 4.79 Å². The van der Waals surface area contributed by atoms with E-state index in [-0.39, 0.29) is 17.7 Å². The van der Waals surface area contributed by atoms with Crippen molar-refractivity contribution in [1.82, 2.24) is 30.0 Å². The van der Waals surface area contributed by atoms with Crippen molar-refractivity contribution in [3.8, 4) is 5.82 Å². The Balaban J connectivity index is 1.66. The molecule has 8 nitrogen and oxygen atoms in total. The lowest BCUT2D eigenvalue weighted by atomic mass is 9.94. The zero-order chi connectivity index (χ0) is 16.5. The summed E-state index contributed by atoms with van der Waals surface area (Å²) in [5, 5.41) is 10.6. The van der Waals surface area contributed by atoms with Gasteiger partial charge in [0.25, 0.3) is 5.91 Å². The molecule has 3 aromatic rings. The van der Waals surface area contributed by atoms with E-state index in [1.807, 2.05) is 6.07 Å². The highest BCUT2D eigenvalue weighted by Gasteiger charge is 2.23. The standard InChI is InChI=1S/C16H16N6O2/c23-12-3-1-11(2-4-12)19-16(24)15-14-10(8-18-21-14)7-13(20-15)22-6-5-17-9-22/h5-9,11H,1-4H2,(H,18,21)(H,19,24). The Bertz CT molecular complexity index is 889. The van der Waals surface area contributed by atoms with Crippen molar-refractivity contribution in [2.75, 3.05) is 0 Å². The molecule has 0 radical (unpaired) electrons. The molecule has 0 unspecified atom stereocenters. The zero-order valence-corrected chi connectivity index (χ0v) is 12.9. The van der Waals surface area contributed by atoms with Gasteiger partial charge in [0.05, 0.1) is 11.7 Å². The molecule has 0 atom stereocenters. The third-order valence-corrected chi connectivity index (χ3v) is 4.28. The van der Waals surface area contributed by atoms with Gasteiger partial charge in [-0.3, -0.25) is 19.3 Å². The van der Waals surface area contributed by atoms with E-state index in [9.17, 15) is 9.59 Å². The van der Waals surface area contributed by atoms with E-state index in [1.54, 1.807) is 29.5 Å². The van der Waals surface area contributed by atoms with Gasteiger partial charge in [0, 0.05) is 36.7 Å². The van der Waals surface area contributed by atoms with Crippen molar-refractivity contribution >= 4 is 22.6 Å². The van der Waals surface area contributed by atoms with Gasteiger partial charge in [0.15, 0.2) is 5.69 Å². The maximum absolute atomic E-state index is 12.7. The van der Waals surface area contributed by atoms with Crippen LogP contribution in [0.5, 0.6) is 0 Å². The van der Waals surface area contributed by atoms with Crippen molar-refractivity contribution in [3.05, 3.63) is 36.7 Å². The highest BCUT2D eigenvalue weighted by Crippen LogP contribution is 2.20. The van der Waals surface area contributed by atoms with Gasteiger partial charge < -0.3 is 5.32 Å². The van der Waals surface area contributed by atoms with Crippen molar-refractivity contribution in [1.29, 1.82) is 0 Å². The Labute approximate surface area is 137 Å². The highest BCUT2D eigenvalue weighted by molar-refractivity contribution is 6.04. The summed E-state index contributed by atoms with van der Waals surface area (Å²) in [4.78, 5) is 32.5. The number of amides is 1. The molecule has 8 heteroatoms. The molecule has 4 rings (SSSR count).